The molecule has 1 aromatic rings. The van der Waals surface area contributed by atoms with Crippen molar-refractivity contribution in [3.05, 3.63) is 35.9 Å². The number of carboxylic acids is 2. The summed E-state index contributed by atoms with van der Waals surface area (Å²) in [5, 5.41) is 28.6. The zero-order valence-electron chi connectivity index (χ0n) is 8.95. The van der Waals surface area contributed by atoms with Gasteiger partial charge in [0.15, 0.2) is 0 Å². The number of anilines is 1. The van der Waals surface area contributed by atoms with Crippen LogP contribution in [-0.4, -0.2) is 33.2 Å². The summed E-state index contributed by atoms with van der Waals surface area (Å²) in [6.07, 6.45) is 1.45. The van der Waals surface area contributed by atoms with E-state index in [2.05, 4.69) is 5.32 Å². The number of aromatic carboxylic acids is 1. The monoisotopic (exact) mass is 251 g/mol. The second kappa shape index (κ2) is 5.48. The van der Waals surface area contributed by atoms with E-state index in [1.807, 2.05) is 0 Å². The number of carbonyl (C=O) groups excluding carboxylic acids is 1. The maximum absolute atomic E-state index is 11.2. The van der Waals surface area contributed by atoms with Crippen molar-refractivity contribution in [3.63, 3.8) is 0 Å². The van der Waals surface area contributed by atoms with Crippen LogP contribution in [-0.2, 0) is 9.59 Å². The van der Waals surface area contributed by atoms with Crippen molar-refractivity contribution in [1.82, 2.24) is 0 Å². The molecule has 1 aromatic carbocycles. The van der Waals surface area contributed by atoms with Crippen molar-refractivity contribution in [2.24, 2.45) is 0 Å². The number of amides is 1. The van der Waals surface area contributed by atoms with Gasteiger partial charge in [-0.3, -0.25) is 4.79 Å². The molecule has 0 fully saturated rings. The normalized spacial score (nSPS) is 10.2. The maximum atomic E-state index is 11.2. The predicted octanol–water partition coefficient (Wildman–Crippen LogP) is 0.670. The molecule has 0 atom stereocenters. The molecule has 4 N–H and O–H groups in total. The summed E-state index contributed by atoms with van der Waals surface area (Å²) in [6.45, 7) is 0. The van der Waals surface area contributed by atoms with E-state index >= 15 is 0 Å². The second-order valence-corrected chi connectivity index (χ2v) is 3.20. The topological polar surface area (TPSA) is 124 Å². The fraction of sp³-hybridized carbons (Fsp3) is 0. The molecule has 0 aliphatic carbocycles. The molecule has 0 unspecified atom stereocenters. The van der Waals surface area contributed by atoms with Gasteiger partial charge in [0, 0.05) is 23.9 Å². The van der Waals surface area contributed by atoms with Crippen molar-refractivity contribution in [2.75, 3.05) is 5.32 Å². The molecule has 0 heterocycles. The van der Waals surface area contributed by atoms with E-state index in [9.17, 15) is 19.5 Å². The number of aliphatic carboxylic acids is 1. The molecule has 1 rings (SSSR count). The Kier molecular flexibility index (Phi) is 4.03. The van der Waals surface area contributed by atoms with Crippen LogP contribution in [0.4, 0.5) is 5.69 Å². The van der Waals surface area contributed by atoms with Gasteiger partial charge in [-0.15, -0.1) is 0 Å². The number of carboxylic acid groups (broad SMARTS) is 2. The number of rotatable bonds is 4. The molecule has 18 heavy (non-hydrogen) atoms. The van der Waals surface area contributed by atoms with E-state index in [1.54, 1.807) is 0 Å². The first-order chi connectivity index (χ1) is 8.40. The van der Waals surface area contributed by atoms with Crippen molar-refractivity contribution in [3.8, 4) is 5.75 Å². The first-order valence-electron chi connectivity index (χ1n) is 4.68. The van der Waals surface area contributed by atoms with Gasteiger partial charge < -0.3 is 20.6 Å². The van der Waals surface area contributed by atoms with E-state index < -0.39 is 23.6 Å². The molecule has 0 bridgehead atoms. The molecule has 0 saturated heterocycles. The highest BCUT2D eigenvalue weighted by atomic mass is 16.4. The molecule has 7 heteroatoms. The van der Waals surface area contributed by atoms with Crippen molar-refractivity contribution in [1.29, 1.82) is 0 Å². The average Bonchev–Trinajstić information content (AvgIpc) is 2.26. The van der Waals surface area contributed by atoms with Gasteiger partial charge in [-0.2, -0.15) is 0 Å². The summed E-state index contributed by atoms with van der Waals surface area (Å²) >= 11 is 0. The van der Waals surface area contributed by atoms with Crippen LogP contribution in [0, 0.1) is 0 Å². The highest BCUT2D eigenvalue weighted by Gasteiger charge is 2.10. The maximum Gasteiger partial charge on any atom is 0.339 e. The lowest BCUT2D eigenvalue weighted by Crippen LogP contribution is -2.09. The Morgan fingerprint density at radius 3 is 2.28 bits per heavy atom. The predicted molar refractivity (Wildman–Crippen MR) is 60.5 cm³/mol. The van der Waals surface area contributed by atoms with E-state index in [1.165, 1.54) is 6.07 Å². The summed E-state index contributed by atoms with van der Waals surface area (Å²) < 4.78 is 0. The fourth-order valence-corrected chi connectivity index (χ4v) is 1.12. The second-order valence-electron chi connectivity index (χ2n) is 3.20. The lowest BCUT2D eigenvalue weighted by molar-refractivity contribution is -0.131. The van der Waals surface area contributed by atoms with Crippen molar-refractivity contribution >= 4 is 23.5 Å². The fourth-order valence-electron chi connectivity index (χ4n) is 1.12. The third kappa shape index (κ3) is 3.63. The first kappa shape index (κ1) is 13.2. The number of carbonyl (C=O) groups is 3. The Labute approximate surface area is 101 Å². The number of nitrogens with one attached hydrogen (secondary N) is 1. The zero-order chi connectivity index (χ0) is 13.7. The molecule has 7 nitrogen and oxygen atoms in total. The molecule has 0 aliphatic rings. The molecule has 1 amide bonds. The van der Waals surface area contributed by atoms with Gasteiger partial charge in [0.1, 0.15) is 11.3 Å². The minimum Gasteiger partial charge on any atom is -0.507 e. The third-order valence-electron chi connectivity index (χ3n) is 1.87. The van der Waals surface area contributed by atoms with Crippen LogP contribution in [0.3, 0.4) is 0 Å². The van der Waals surface area contributed by atoms with E-state index in [0.29, 0.717) is 6.08 Å². The van der Waals surface area contributed by atoms with Crippen LogP contribution in [0.15, 0.2) is 30.4 Å². The van der Waals surface area contributed by atoms with Gasteiger partial charge in [-0.05, 0) is 12.1 Å². The Hall–Kier alpha value is -2.83. The van der Waals surface area contributed by atoms with Crippen LogP contribution in [0.1, 0.15) is 10.4 Å². The van der Waals surface area contributed by atoms with E-state index in [-0.39, 0.29) is 11.3 Å². The summed E-state index contributed by atoms with van der Waals surface area (Å²) in [6, 6.07) is 3.44. The highest BCUT2D eigenvalue weighted by Crippen LogP contribution is 2.21. The number of benzene rings is 1. The standard InChI is InChI=1S/C11H9NO6/c13-8-5-6(1-2-7(8)11(17)18)12-9(14)3-4-10(15)16/h1-5,13H,(H,12,14)(H,15,16)(H,17,18)/b4-3-. The summed E-state index contributed by atoms with van der Waals surface area (Å²) in [4.78, 5) is 32.0. The molecular weight excluding hydrogens is 242 g/mol. The molecule has 0 radical (unpaired) electrons. The lowest BCUT2D eigenvalue weighted by Gasteiger charge is -2.04. The summed E-state index contributed by atoms with van der Waals surface area (Å²) in [7, 11) is 0. The SMILES string of the molecule is O=C(O)/C=C\C(=O)Nc1ccc(C(=O)O)c(O)c1. The third-order valence-corrected chi connectivity index (χ3v) is 1.87. The number of phenols is 1. The van der Waals surface area contributed by atoms with Gasteiger partial charge in [0.05, 0.1) is 0 Å². The molecule has 0 saturated carbocycles. The first-order valence-corrected chi connectivity index (χ1v) is 4.68. The van der Waals surface area contributed by atoms with Crippen molar-refractivity contribution < 1.29 is 29.7 Å². The zero-order valence-corrected chi connectivity index (χ0v) is 8.95. The highest BCUT2D eigenvalue weighted by molar-refractivity contribution is 6.02. The number of hydrogen-bond donors (Lipinski definition) is 4. The van der Waals surface area contributed by atoms with Gasteiger partial charge >= 0.3 is 11.9 Å². The van der Waals surface area contributed by atoms with Gasteiger partial charge in [-0.1, -0.05) is 0 Å². The average molecular weight is 251 g/mol. The van der Waals surface area contributed by atoms with Crippen LogP contribution in [0.2, 0.25) is 0 Å². The Balaban J connectivity index is 2.81. The quantitative estimate of drug-likeness (QED) is 0.583. The van der Waals surface area contributed by atoms with Crippen LogP contribution in [0.5, 0.6) is 5.75 Å². The Morgan fingerprint density at radius 2 is 1.78 bits per heavy atom. The lowest BCUT2D eigenvalue weighted by atomic mass is 10.2. The number of aromatic hydroxyl groups is 1. The van der Waals surface area contributed by atoms with Gasteiger partial charge in [0.25, 0.3) is 0 Å². The van der Waals surface area contributed by atoms with E-state index in [4.69, 9.17) is 10.2 Å². The molecule has 0 aromatic heterocycles. The largest absolute Gasteiger partial charge is 0.507 e. The summed E-state index contributed by atoms with van der Waals surface area (Å²) in [5.41, 5.74) is -0.147. The molecule has 0 spiro atoms. The van der Waals surface area contributed by atoms with Crippen LogP contribution in [0.25, 0.3) is 0 Å². The molecule has 0 aliphatic heterocycles. The molecule has 94 valence electrons. The van der Waals surface area contributed by atoms with Crippen LogP contribution < -0.4 is 5.32 Å². The van der Waals surface area contributed by atoms with Crippen LogP contribution >= 0.6 is 0 Å². The Bertz CT molecular complexity index is 534. The number of hydrogen-bond acceptors (Lipinski definition) is 4. The van der Waals surface area contributed by atoms with Crippen molar-refractivity contribution in [2.45, 2.75) is 0 Å². The molecular formula is C11H9NO6. The smallest absolute Gasteiger partial charge is 0.339 e. The minimum absolute atomic E-state index is 0.150. The van der Waals surface area contributed by atoms with E-state index in [0.717, 1.165) is 18.2 Å². The summed E-state index contributed by atoms with van der Waals surface area (Å²) in [5.74, 6) is -3.77. The van der Waals surface area contributed by atoms with Gasteiger partial charge in [-0.25, -0.2) is 9.59 Å². The van der Waals surface area contributed by atoms with Gasteiger partial charge in [0.2, 0.25) is 5.91 Å². The Morgan fingerprint density at radius 1 is 1.11 bits per heavy atom. The minimum atomic E-state index is -1.30.